The molecule has 0 fully saturated rings. The number of para-hydroxylation sites is 2. The van der Waals surface area contributed by atoms with Gasteiger partial charge in [0.1, 0.15) is 17.7 Å². The van der Waals surface area contributed by atoms with Crippen molar-refractivity contribution >= 4 is 22.9 Å². The lowest BCUT2D eigenvalue weighted by molar-refractivity contribution is -0.139. The van der Waals surface area contributed by atoms with E-state index in [9.17, 15) is 23.5 Å². The van der Waals surface area contributed by atoms with E-state index in [0.717, 1.165) is 12.1 Å². The maximum Gasteiger partial charge on any atom is 0.326 e. The molecule has 0 saturated carbocycles. The molecule has 0 radical (unpaired) electrons. The fourth-order valence-corrected chi connectivity index (χ4v) is 2.41. The lowest BCUT2D eigenvalue weighted by atomic mass is 10.1. The summed E-state index contributed by atoms with van der Waals surface area (Å²) in [6.07, 6.45) is 1.28. The van der Waals surface area contributed by atoms with Crippen LogP contribution in [-0.4, -0.2) is 33.0 Å². The second-order valence-corrected chi connectivity index (χ2v) is 5.54. The molecule has 1 atom stereocenters. The standard InChI is InChI=1S/C18H13F2N3O3/c19-10-5-6-12(13(20)7-10)17(24)23-16(18(25)26)8-11-9-21-14-3-1-2-4-15(14)22-11/h1-7,9,16H,8H2,(H,23,24)(H,25,26)/t16-/m0/s1. The van der Waals surface area contributed by atoms with Crippen LogP contribution in [0, 0.1) is 11.6 Å². The quantitative estimate of drug-likeness (QED) is 0.731. The van der Waals surface area contributed by atoms with Gasteiger partial charge in [0, 0.05) is 18.7 Å². The zero-order valence-corrected chi connectivity index (χ0v) is 13.3. The molecule has 132 valence electrons. The molecule has 0 spiro atoms. The second kappa shape index (κ2) is 7.22. The first-order valence-electron chi connectivity index (χ1n) is 7.63. The number of halogens is 2. The van der Waals surface area contributed by atoms with Gasteiger partial charge in [-0.1, -0.05) is 12.1 Å². The fraction of sp³-hybridized carbons (Fsp3) is 0.111. The summed E-state index contributed by atoms with van der Waals surface area (Å²) in [5.41, 5.74) is 1.16. The normalized spacial score (nSPS) is 11.9. The molecule has 0 unspecified atom stereocenters. The average Bonchev–Trinajstić information content (AvgIpc) is 2.60. The van der Waals surface area contributed by atoms with Gasteiger partial charge in [-0.2, -0.15) is 0 Å². The zero-order chi connectivity index (χ0) is 18.7. The molecule has 26 heavy (non-hydrogen) atoms. The van der Waals surface area contributed by atoms with Crippen LogP contribution in [0.3, 0.4) is 0 Å². The Morgan fingerprint density at radius 2 is 1.85 bits per heavy atom. The smallest absolute Gasteiger partial charge is 0.326 e. The number of hydrogen-bond acceptors (Lipinski definition) is 4. The molecule has 3 aromatic rings. The molecular formula is C18H13F2N3O3. The van der Waals surface area contributed by atoms with Crippen LogP contribution in [0.2, 0.25) is 0 Å². The van der Waals surface area contributed by atoms with E-state index in [-0.39, 0.29) is 6.42 Å². The molecule has 0 saturated heterocycles. The van der Waals surface area contributed by atoms with Gasteiger partial charge < -0.3 is 10.4 Å². The number of nitrogens with zero attached hydrogens (tertiary/aromatic N) is 2. The van der Waals surface area contributed by atoms with Crippen molar-refractivity contribution in [1.82, 2.24) is 15.3 Å². The van der Waals surface area contributed by atoms with Gasteiger partial charge in [-0.05, 0) is 24.3 Å². The number of carbonyl (C=O) groups excluding carboxylic acids is 1. The first-order chi connectivity index (χ1) is 12.4. The molecule has 2 N–H and O–H groups in total. The molecule has 1 amide bonds. The number of carbonyl (C=O) groups is 2. The highest BCUT2D eigenvalue weighted by Gasteiger charge is 2.23. The van der Waals surface area contributed by atoms with Crippen LogP contribution in [0.15, 0.2) is 48.7 Å². The number of carboxylic acids is 1. The molecule has 6 nitrogen and oxygen atoms in total. The van der Waals surface area contributed by atoms with Crippen molar-refractivity contribution < 1.29 is 23.5 Å². The van der Waals surface area contributed by atoms with Gasteiger partial charge in [0.05, 0.1) is 22.3 Å². The molecule has 2 aromatic carbocycles. The average molecular weight is 357 g/mol. The van der Waals surface area contributed by atoms with Gasteiger partial charge in [0.15, 0.2) is 0 Å². The highest BCUT2D eigenvalue weighted by molar-refractivity contribution is 5.96. The third kappa shape index (κ3) is 3.80. The highest BCUT2D eigenvalue weighted by Crippen LogP contribution is 2.12. The van der Waals surface area contributed by atoms with Crippen LogP contribution < -0.4 is 5.32 Å². The second-order valence-electron chi connectivity index (χ2n) is 5.54. The molecule has 0 aliphatic heterocycles. The third-order valence-corrected chi connectivity index (χ3v) is 3.69. The van der Waals surface area contributed by atoms with Crippen LogP contribution in [-0.2, 0) is 11.2 Å². The number of aromatic nitrogens is 2. The van der Waals surface area contributed by atoms with E-state index in [1.54, 1.807) is 24.3 Å². The first kappa shape index (κ1) is 17.4. The van der Waals surface area contributed by atoms with E-state index in [2.05, 4.69) is 15.3 Å². The van der Waals surface area contributed by atoms with Crippen LogP contribution in [0.25, 0.3) is 11.0 Å². The Bertz CT molecular complexity index is 994. The maximum absolute atomic E-state index is 13.7. The molecule has 8 heteroatoms. The SMILES string of the molecule is O=C(N[C@@H](Cc1cnc2ccccc2n1)C(=O)O)c1ccc(F)cc1F. The number of benzene rings is 2. The number of nitrogens with one attached hydrogen (secondary N) is 1. The summed E-state index contributed by atoms with van der Waals surface area (Å²) in [7, 11) is 0. The molecule has 0 bridgehead atoms. The van der Waals surface area contributed by atoms with Gasteiger partial charge in [0.25, 0.3) is 5.91 Å². The summed E-state index contributed by atoms with van der Waals surface area (Å²) in [6.45, 7) is 0. The van der Waals surface area contributed by atoms with Crippen molar-refractivity contribution in [2.45, 2.75) is 12.5 Å². The number of fused-ring (bicyclic) bond motifs is 1. The van der Waals surface area contributed by atoms with Gasteiger partial charge in [-0.25, -0.2) is 18.6 Å². The fourth-order valence-electron chi connectivity index (χ4n) is 2.41. The third-order valence-electron chi connectivity index (χ3n) is 3.69. The summed E-state index contributed by atoms with van der Waals surface area (Å²) in [4.78, 5) is 32.1. The van der Waals surface area contributed by atoms with Crippen molar-refractivity contribution in [3.05, 3.63) is 71.6 Å². The Kier molecular flexibility index (Phi) is 4.83. The molecule has 1 aromatic heterocycles. The lowest BCUT2D eigenvalue weighted by Gasteiger charge is -2.14. The van der Waals surface area contributed by atoms with Crippen LogP contribution in [0.1, 0.15) is 16.1 Å². The molecular weight excluding hydrogens is 344 g/mol. The minimum Gasteiger partial charge on any atom is -0.480 e. The minimum atomic E-state index is -1.34. The Labute approximate surface area is 146 Å². The zero-order valence-electron chi connectivity index (χ0n) is 13.3. The minimum absolute atomic E-state index is 0.137. The Morgan fingerprint density at radius 1 is 1.12 bits per heavy atom. The van der Waals surface area contributed by atoms with E-state index in [1.165, 1.54) is 6.20 Å². The van der Waals surface area contributed by atoms with E-state index in [1.807, 2.05) is 0 Å². The van der Waals surface area contributed by atoms with E-state index < -0.39 is 35.1 Å². The van der Waals surface area contributed by atoms with Crippen molar-refractivity contribution in [3.8, 4) is 0 Å². The molecule has 1 heterocycles. The Morgan fingerprint density at radius 3 is 2.54 bits per heavy atom. The largest absolute Gasteiger partial charge is 0.480 e. The van der Waals surface area contributed by atoms with Crippen molar-refractivity contribution in [2.75, 3.05) is 0 Å². The summed E-state index contributed by atoms with van der Waals surface area (Å²) < 4.78 is 26.6. The summed E-state index contributed by atoms with van der Waals surface area (Å²) in [5, 5.41) is 11.6. The van der Waals surface area contributed by atoms with Crippen LogP contribution >= 0.6 is 0 Å². The number of rotatable bonds is 5. The number of carboxylic acid groups (broad SMARTS) is 1. The van der Waals surface area contributed by atoms with Crippen LogP contribution in [0.5, 0.6) is 0 Å². The monoisotopic (exact) mass is 357 g/mol. The van der Waals surface area contributed by atoms with Gasteiger partial charge in [-0.3, -0.25) is 9.78 Å². The first-order valence-corrected chi connectivity index (χ1v) is 7.63. The number of hydrogen-bond donors (Lipinski definition) is 2. The summed E-state index contributed by atoms with van der Waals surface area (Å²) in [5.74, 6) is -4.17. The van der Waals surface area contributed by atoms with Crippen LogP contribution in [0.4, 0.5) is 8.78 Å². The van der Waals surface area contributed by atoms with Crippen molar-refractivity contribution in [3.63, 3.8) is 0 Å². The number of aliphatic carboxylic acids is 1. The predicted octanol–water partition coefficient (Wildman–Crippen LogP) is 2.33. The van der Waals surface area contributed by atoms with Gasteiger partial charge >= 0.3 is 5.97 Å². The highest BCUT2D eigenvalue weighted by atomic mass is 19.1. The van der Waals surface area contributed by atoms with Crippen molar-refractivity contribution in [2.24, 2.45) is 0 Å². The summed E-state index contributed by atoms with van der Waals surface area (Å²) in [6, 6.07) is 8.15. The lowest BCUT2D eigenvalue weighted by Crippen LogP contribution is -2.42. The summed E-state index contributed by atoms with van der Waals surface area (Å²) >= 11 is 0. The topological polar surface area (TPSA) is 92.2 Å². The van der Waals surface area contributed by atoms with E-state index >= 15 is 0 Å². The van der Waals surface area contributed by atoms with E-state index in [4.69, 9.17) is 0 Å². The molecule has 0 aliphatic carbocycles. The molecule has 0 aliphatic rings. The van der Waals surface area contributed by atoms with E-state index in [0.29, 0.717) is 22.8 Å². The van der Waals surface area contributed by atoms with Crippen molar-refractivity contribution in [1.29, 1.82) is 0 Å². The number of amides is 1. The van der Waals surface area contributed by atoms with Gasteiger partial charge in [-0.15, -0.1) is 0 Å². The Hall–Kier alpha value is -3.42. The maximum atomic E-state index is 13.7. The Balaban J connectivity index is 1.80. The molecule has 3 rings (SSSR count). The van der Waals surface area contributed by atoms with Gasteiger partial charge in [0.2, 0.25) is 0 Å². The predicted molar refractivity (Wildman–Crippen MR) is 88.5 cm³/mol.